The zero-order valence-corrected chi connectivity index (χ0v) is 15.4. The summed E-state index contributed by atoms with van der Waals surface area (Å²) in [7, 11) is 1.31. The Hall–Kier alpha value is -2.68. The number of aromatic nitrogens is 2. The van der Waals surface area contributed by atoms with Crippen LogP contribution in [0, 0.1) is 6.92 Å². The predicted octanol–water partition coefficient (Wildman–Crippen LogP) is 1.67. The van der Waals surface area contributed by atoms with Gasteiger partial charge in [0, 0.05) is 6.54 Å². The number of anilines is 1. The number of rotatable bonds is 5. The highest BCUT2D eigenvalue weighted by molar-refractivity contribution is 7.12. The molecular weight excluding hydrogens is 356 g/mol. The molecular formula is C17H20N4O4S. The van der Waals surface area contributed by atoms with Gasteiger partial charge in [0.2, 0.25) is 5.91 Å². The van der Waals surface area contributed by atoms with Gasteiger partial charge >= 0.3 is 5.97 Å². The van der Waals surface area contributed by atoms with E-state index in [4.69, 9.17) is 0 Å². The molecule has 8 nitrogen and oxygen atoms in total. The van der Waals surface area contributed by atoms with Gasteiger partial charge in [-0.15, -0.1) is 11.3 Å². The van der Waals surface area contributed by atoms with Crippen LogP contribution in [0.15, 0.2) is 23.7 Å². The van der Waals surface area contributed by atoms with Gasteiger partial charge in [-0.3, -0.25) is 19.1 Å². The number of carbonyl (C=O) groups excluding carboxylic acids is 3. The third-order valence-corrected chi connectivity index (χ3v) is 5.27. The molecule has 26 heavy (non-hydrogen) atoms. The molecule has 3 heterocycles. The molecule has 0 aliphatic carbocycles. The number of nitrogens with one attached hydrogen (secondary N) is 1. The van der Waals surface area contributed by atoms with Crippen molar-refractivity contribution in [3.8, 4) is 0 Å². The van der Waals surface area contributed by atoms with Crippen molar-refractivity contribution in [1.29, 1.82) is 0 Å². The highest BCUT2D eigenvalue weighted by Gasteiger charge is 2.35. The summed E-state index contributed by atoms with van der Waals surface area (Å²) in [5.74, 6) is -0.776. The molecule has 0 bridgehead atoms. The van der Waals surface area contributed by atoms with Crippen molar-refractivity contribution in [2.24, 2.45) is 0 Å². The standard InChI is InChI=1S/C17H20N4O4S/c1-11-12(9-18-21(11)10-15(22)25-2)19-16(23)13-5-3-7-20(13)17(24)14-6-4-8-26-14/h4,6,8-9,13H,3,5,7,10H2,1-2H3,(H,19,23)/t13-/m0/s1. The number of likely N-dealkylation sites (tertiary alicyclic amines) is 1. The Kier molecular flexibility index (Phi) is 5.36. The van der Waals surface area contributed by atoms with Gasteiger partial charge in [0.05, 0.1) is 29.6 Å². The first-order valence-corrected chi connectivity index (χ1v) is 9.13. The molecule has 3 rings (SSSR count). The molecule has 1 aliphatic rings. The smallest absolute Gasteiger partial charge is 0.327 e. The third kappa shape index (κ3) is 3.62. The van der Waals surface area contributed by atoms with Gasteiger partial charge in [0.15, 0.2) is 0 Å². The van der Waals surface area contributed by atoms with Gasteiger partial charge in [0.25, 0.3) is 5.91 Å². The molecule has 1 N–H and O–H groups in total. The first-order chi connectivity index (χ1) is 12.5. The van der Waals surface area contributed by atoms with Crippen LogP contribution >= 0.6 is 11.3 Å². The molecule has 0 saturated carbocycles. The Morgan fingerprint density at radius 3 is 2.92 bits per heavy atom. The van der Waals surface area contributed by atoms with Crippen LogP contribution in [0.1, 0.15) is 28.2 Å². The molecule has 1 saturated heterocycles. The molecule has 138 valence electrons. The molecule has 2 aromatic rings. The second kappa shape index (κ2) is 7.69. The highest BCUT2D eigenvalue weighted by atomic mass is 32.1. The molecule has 1 fully saturated rings. The number of carbonyl (C=O) groups is 3. The lowest BCUT2D eigenvalue weighted by Gasteiger charge is -2.23. The van der Waals surface area contributed by atoms with Gasteiger partial charge in [-0.1, -0.05) is 6.07 Å². The number of amides is 2. The number of hydrogen-bond donors (Lipinski definition) is 1. The van der Waals surface area contributed by atoms with E-state index in [0.717, 1.165) is 6.42 Å². The van der Waals surface area contributed by atoms with Gasteiger partial charge < -0.3 is 15.0 Å². The fourth-order valence-corrected chi connectivity index (χ4v) is 3.63. The van der Waals surface area contributed by atoms with Crippen LogP contribution in [-0.2, 0) is 20.9 Å². The minimum atomic E-state index is -0.507. The van der Waals surface area contributed by atoms with Crippen molar-refractivity contribution in [3.05, 3.63) is 34.3 Å². The van der Waals surface area contributed by atoms with E-state index in [9.17, 15) is 14.4 Å². The summed E-state index contributed by atoms with van der Waals surface area (Å²) in [6, 6.07) is 3.08. The van der Waals surface area contributed by atoms with Crippen LogP contribution in [0.5, 0.6) is 0 Å². The van der Waals surface area contributed by atoms with Crippen molar-refractivity contribution in [2.45, 2.75) is 32.4 Å². The van der Waals surface area contributed by atoms with E-state index in [1.807, 2.05) is 11.4 Å². The zero-order valence-electron chi connectivity index (χ0n) is 14.6. The van der Waals surface area contributed by atoms with E-state index in [2.05, 4.69) is 15.2 Å². The third-order valence-electron chi connectivity index (χ3n) is 4.42. The van der Waals surface area contributed by atoms with E-state index in [1.165, 1.54) is 29.3 Å². The average Bonchev–Trinajstić information content (AvgIpc) is 3.38. The van der Waals surface area contributed by atoms with Crippen LogP contribution in [-0.4, -0.2) is 52.2 Å². The predicted molar refractivity (Wildman–Crippen MR) is 96.0 cm³/mol. The minimum Gasteiger partial charge on any atom is -0.468 e. The average molecular weight is 376 g/mol. The van der Waals surface area contributed by atoms with E-state index >= 15 is 0 Å². The first kappa shape index (κ1) is 18.1. The minimum absolute atomic E-state index is 0.0232. The Balaban J connectivity index is 1.69. The topological polar surface area (TPSA) is 93.5 Å². The monoisotopic (exact) mass is 376 g/mol. The summed E-state index contributed by atoms with van der Waals surface area (Å²) in [5.41, 5.74) is 1.17. The Morgan fingerprint density at radius 1 is 1.42 bits per heavy atom. The second-order valence-electron chi connectivity index (χ2n) is 6.00. The quantitative estimate of drug-likeness (QED) is 0.801. The largest absolute Gasteiger partial charge is 0.468 e. The van der Waals surface area contributed by atoms with Crippen LogP contribution in [0.2, 0.25) is 0 Å². The van der Waals surface area contributed by atoms with Gasteiger partial charge in [-0.2, -0.15) is 5.10 Å². The summed E-state index contributed by atoms with van der Waals surface area (Å²) in [4.78, 5) is 38.9. The molecule has 0 spiro atoms. The SMILES string of the molecule is COC(=O)Cn1ncc(NC(=O)[C@@H]2CCCN2C(=O)c2cccs2)c1C. The summed E-state index contributed by atoms with van der Waals surface area (Å²) in [5, 5.41) is 8.77. The summed E-state index contributed by atoms with van der Waals surface area (Å²) >= 11 is 1.37. The molecule has 1 aliphatic heterocycles. The molecule has 2 aromatic heterocycles. The summed E-state index contributed by atoms with van der Waals surface area (Å²) < 4.78 is 6.09. The zero-order chi connectivity index (χ0) is 18.7. The second-order valence-corrected chi connectivity index (χ2v) is 6.95. The molecule has 1 atom stereocenters. The van der Waals surface area contributed by atoms with Crippen molar-refractivity contribution in [2.75, 3.05) is 19.0 Å². The fraction of sp³-hybridized carbons (Fsp3) is 0.412. The molecule has 2 amide bonds. The highest BCUT2D eigenvalue weighted by Crippen LogP contribution is 2.24. The van der Waals surface area contributed by atoms with Crippen LogP contribution in [0.4, 0.5) is 5.69 Å². The maximum Gasteiger partial charge on any atom is 0.327 e. The lowest BCUT2D eigenvalue weighted by atomic mass is 10.2. The molecule has 0 unspecified atom stereocenters. The van der Waals surface area contributed by atoms with E-state index in [0.29, 0.717) is 29.2 Å². The van der Waals surface area contributed by atoms with E-state index < -0.39 is 12.0 Å². The Morgan fingerprint density at radius 2 is 2.23 bits per heavy atom. The summed E-state index contributed by atoms with van der Waals surface area (Å²) in [6.07, 6.45) is 2.91. The Labute approximate surface area is 154 Å². The van der Waals surface area contributed by atoms with Crippen molar-refractivity contribution in [3.63, 3.8) is 0 Å². The maximum absolute atomic E-state index is 12.7. The van der Waals surface area contributed by atoms with Gasteiger partial charge in [-0.05, 0) is 31.2 Å². The first-order valence-electron chi connectivity index (χ1n) is 8.26. The van der Waals surface area contributed by atoms with Gasteiger partial charge in [-0.25, -0.2) is 0 Å². The lowest BCUT2D eigenvalue weighted by molar-refractivity contribution is -0.141. The number of methoxy groups -OCH3 is 1. The van der Waals surface area contributed by atoms with Crippen molar-refractivity contribution < 1.29 is 19.1 Å². The van der Waals surface area contributed by atoms with Crippen LogP contribution in [0.3, 0.4) is 0 Å². The number of nitrogens with zero attached hydrogens (tertiary/aromatic N) is 3. The molecule has 0 aromatic carbocycles. The molecule has 9 heteroatoms. The van der Waals surface area contributed by atoms with E-state index in [-0.39, 0.29) is 18.4 Å². The van der Waals surface area contributed by atoms with Crippen molar-refractivity contribution in [1.82, 2.24) is 14.7 Å². The van der Waals surface area contributed by atoms with Crippen LogP contribution < -0.4 is 5.32 Å². The Bertz CT molecular complexity index is 815. The fourth-order valence-electron chi connectivity index (χ4n) is 2.96. The number of hydrogen-bond acceptors (Lipinski definition) is 6. The van der Waals surface area contributed by atoms with Crippen molar-refractivity contribution >= 4 is 34.8 Å². The normalized spacial score (nSPS) is 16.5. The number of thiophene rings is 1. The number of esters is 1. The summed E-state index contributed by atoms with van der Waals surface area (Å²) in [6.45, 7) is 2.30. The van der Waals surface area contributed by atoms with Gasteiger partial charge in [0.1, 0.15) is 12.6 Å². The van der Waals surface area contributed by atoms with Crippen LogP contribution in [0.25, 0.3) is 0 Å². The maximum atomic E-state index is 12.7. The lowest BCUT2D eigenvalue weighted by Crippen LogP contribution is -2.43. The number of ether oxygens (including phenoxy) is 1. The van der Waals surface area contributed by atoms with E-state index in [1.54, 1.807) is 17.9 Å². The molecule has 0 radical (unpaired) electrons.